The molecule has 1 aliphatic carbocycles. The van der Waals surface area contributed by atoms with Gasteiger partial charge in [0.1, 0.15) is 5.25 Å². The highest BCUT2D eigenvalue weighted by molar-refractivity contribution is 7.87. The van der Waals surface area contributed by atoms with Crippen molar-refractivity contribution >= 4 is 20.2 Å². The largest absolute Gasteiger partial charge is 0.377 e. The highest BCUT2D eigenvalue weighted by atomic mass is 32.2. The van der Waals surface area contributed by atoms with Gasteiger partial charge in [-0.15, -0.1) is 0 Å². The van der Waals surface area contributed by atoms with Gasteiger partial charge in [-0.2, -0.15) is 16.8 Å². The molecule has 1 aromatic rings. The van der Waals surface area contributed by atoms with E-state index in [1.807, 2.05) is 19.9 Å². The summed E-state index contributed by atoms with van der Waals surface area (Å²) in [5.41, 5.74) is 1.97. The van der Waals surface area contributed by atoms with Crippen LogP contribution >= 0.6 is 0 Å². The molecule has 9 heteroatoms. The average molecular weight is 417 g/mol. The lowest BCUT2D eigenvalue weighted by molar-refractivity contribution is 0.0792. The van der Waals surface area contributed by atoms with Crippen LogP contribution in [0.2, 0.25) is 0 Å². The van der Waals surface area contributed by atoms with E-state index < -0.39 is 25.5 Å². The molecule has 1 aromatic carbocycles. The number of ether oxygens (including phenoxy) is 1. The van der Waals surface area contributed by atoms with E-state index in [0.29, 0.717) is 6.42 Å². The van der Waals surface area contributed by atoms with Crippen LogP contribution in [0.15, 0.2) is 53.0 Å². The van der Waals surface area contributed by atoms with E-state index >= 15 is 0 Å². The van der Waals surface area contributed by atoms with Crippen LogP contribution in [0.1, 0.15) is 18.9 Å². The molecule has 0 aromatic heterocycles. The second-order valence-electron chi connectivity index (χ2n) is 6.10. The van der Waals surface area contributed by atoms with Gasteiger partial charge >= 0.3 is 0 Å². The lowest BCUT2D eigenvalue weighted by Gasteiger charge is -2.15. The Labute approximate surface area is 160 Å². The van der Waals surface area contributed by atoms with E-state index in [2.05, 4.69) is 0 Å². The van der Waals surface area contributed by atoms with Crippen LogP contribution in [0.25, 0.3) is 0 Å². The Balaban J connectivity index is 1.65. The predicted molar refractivity (Wildman–Crippen MR) is 101 cm³/mol. The molecule has 0 saturated carbocycles. The van der Waals surface area contributed by atoms with Gasteiger partial charge in [0.05, 0.1) is 31.3 Å². The van der Waals surface area contributed by atoms with E-state index in [-0.39, 0.29) is 31.3 Å². The first-order valence-electron chi connectivity index (χ1n) is 8.48. The summed E-state index contributed by atoms with van der Waals surface area (Å²) in [5.74, 6) is 0. The highest BCUT2D eigenvalue weighted by Gasteiger charge is 2.24. The normalized spacial score (nSPS) is 17.7. The maximum Gasteiger partial charge on any atom is 0.297 e. The van der Waals surface area contributed by atoms with E-state index in [1.54, 1.807) is 24.3 Å². The minimum Gasteiger partial charge on any atom is -0.377 e. The van der Waals surface area contributed by atoms with Gasteiger partial charge in [-0.3, -0.25) is 8.37 Å². The number of benzene rings is 1. The van der Waals surface area contributed by atoms with Gasteiger partial charge in [0.2, 0.25) is 0 Å². The molecule has 0 heterocycles. The summed E-state index contributed by atoms with van der Waals surface area (Å²) >= 11 is 0. The summed E-state index contributed by atoms with van der Waals surface area (Å²) in [6.45, 7) is 3.46. The molecule has 0 spiro atoms. The van der Waals surface area contributed by atoms with Crippen LogP contribution in [0.5, 0.6) is 0 Å². The summed E-state index contributed by atoms with van der Waals surface area (Å²) in [7, 11) is -7.53. The lowest BCUT2D eigenvalue weighted by Crippen LogP contribution is -2.24. The van der Waals surface area contributed by atoms with Crippen molar-refractivity contribution in [1.29, 1.82) is 0 Å². The summed E-state index contributed by atoms with van der Waals surface area (Å²) in [6.07, 6.45) is 5.58. The SMILES string of the molecule is CC1=CCC(S(=O)(=O)OCCOCCOS(=O)(=O)c2ccc(C)cc2)C=C1. The standard InChI is InChI=1S/C18H24O7S2/c1-15-3-7-17(8-4-15)26(19,20)24-13-11-23-12-14-25-27(21,22)18-9-5-16(2)6-10-18/h3-9,18H,10-14H2,1-2H3. The molecule has 1 unspecified atom stereocenters. The second-order valence-corrected chi connectivity index (χ2v) is 9.54. The maximum atomic E-state index is 12.0. The molecule has 27 heavy (non-hydrogen) atoms. The van der Waals surface area contributed by atoms with Crippen LogP contribution < -0.4 is 0 Å². The van der Waals surface area contributed by atoms with Gasteiger partial charge in [-0.1, -0.05) is 41.5 Å². The van der Waals surface area contributed by atoms with Crippen molar-refractivity contribution in [2.45, 2.75) is 30.4 Å². The first-order chi connectivity index (χ1) is 12.7. The minimum absolute atomic E-state index is 0.000235. The third-order valence-electron chi connectivity index (χ3n) is 3.87. The number of aryl methyl sites for hydroxylation is 1. The monoisotopic (exact) mass is 416 g/mol. The van der Waals surface area contributed by atoms with Gasteiger partial charge < -0.3 is 4.74 Å². The second kappa shape index (κ2) is 9.61. The molecule has 0 aliphatic heterocycles. The van der Waals surface area contributed by atoms with Crippen molar-refractivity contribution in [2.75, 3.05) is 26.4 Å². The Morgan fingerprint density at radius 2 is 1.56 bits per heavy atom. The lowest BCUT2D eigenvalue weighted by atomic mass is 10.1. The number of allylic oxidation sites excluding steroid dienone is 3. The van der Waals surface area contributed by atoms with Crippen molar-refractivity contribution in [3.63, 3.8) is 0 Å². The Bertz CT molecular complexity index is 882. The van der Waals surface area contributed by atoms with Gasteiger partial charge in [0, 0.05) is 0 Å². The minimum atomic E-state index is -3.83. The third-order valence-corrected chi connectivity index (χ3v) is 6.78. The third kappa shape index (κ3) is 6.86. The van der Waals surface area contributed by atoms with Crippen molar-refractivity contribution in [2.24, 2.45) is 0 Å². The zero-order chi connectivity index (χ0) is 19.9. The van der Waals surface area contributed by atoms with Crippen LogP contribution in [0, 0.1) is 6.92 Å². The quantitative estimate of drug-likeness (QED) is 0.427. The van der Waals surface area contributed by atoms with Crippen LogP contribution in [-0.2, 0) is 33.3 Å². The van der Waals surface area contributed by atoms with Gasteiger partial charge in [0.15, 0.2) is 0 Å². The Hall–Kier alpha value is -1.52. The fourth-order valence-electron chi connectivity index (χ4n) is 2.30. The maximum absolute atomic E-state index is 12.0. The molecule has 0 radical (unpaired) electrons. The van der Waals surface area contributed by atoms with Crippen LogP contribution in [-0.4, -0.2) is 48.5 Å². The topological polar surface area (TPSA) is 96.0 Å². The summed E-state index contributed by atoms with van der Waals surface area (Å²) in [4.78, 5) is 0.0762. The molecule has 150 valence electrons. The molecule has 0 fully saturated rings. The van der Waals surface area contributed by atoms with Gasteiger partial charge in [0.25, 0.3) is 20.2 Å². The molecule has 0 bridgehead atoms. The van der Waals surface area contributed by atoms with Gasteiger partial charge in [-0.25, -0.2) is 0 Å². The van der Waals surface area contributed by atoms with Crippen molar-refractivity contribution in [3.8, 4) is 0 Å². The predicted octanol–water partition coefficient (Wildman–Crippen LogP) is 2.34. The zero-order valence-electron chi connectivity index (χ0n) is 15.3. The zero-order valence-corrected chi connectivity index (χ0v) is 17.0. The molecule has 0 N–H and O–H groups in total. The van der Waals surface area contributed by atoms with Gasteiger partial charge in [-0.05, 0) is 32.4 Å². The smallest absolute Gasteiger partial charge is 0.297 e. The van der Waals surface area contributed by atoms with E-state index in [4.69, 9.17) is 13.1 Å². The number of hydrogen-bond donors (Lipinski definition) is 0. The van der Waals surface area contributed by atoms with E-state index in [0.717, 1.165) is 11.1 Å². The first-order valence-corrected chi connectivity index (χ1v) is 11.4. The summed E-state index contributed by atoms with van der Waals surface area (Å²) in [6, 6.07) is 6.31. The first kappa shape index (κ1) is 21.8. The van der Waals surface area contributed by atoms with E-state index in [9.17, 15) is 16.8 Å². The molecular weight excluding hydrogens is 392 g/mol. The Morgan fingerprint density at radius 1 is 0.926 bits per heavy atom. The van der Waals surface area contributed by atoms with Crippen molar-refractivity contribution in [3.05, 3.63) is 53.6 Å². The fraction of sp³-hybridized carbons (Fsp3) is 0.444. The fourth-order valence-corrected chi connectivity index (χ4v) is 4.27. The molecular formula is C18H24O7S2. The van der Waals surface area contributed by atoms with Crippen molar-refractivity contribution in [1.82, 2.24) is 0 Å². The summed E-state index contributed by atoms with van der Waals surface area (Å²) < 4.78 is 63.0. The van der Waals surface area contributed by atoms with Crippen molar-refractivity contribution < 1.29 is 29.9 Å². The molecule has 0 amide bonds. The van der Waals surface area contributed by atoms with Crippen LogP contribution in [0.3, 0.4) is 0 Å². The van der Waals surface area contributed by atoms with Crippen LogP contribution in [0.4, 0.5) is 0 Å². The van der Waals surface area contributed by atoms with E-state index in [1.165, 1.54) is 12.1 Å². The number of hydrogen-bond acceptors (Lipinski definition) is 7. The molecule has 7 nitrogen and oxygen atoms in total. The molecule has 2 rings (SSSR count). The Morgan fingerprint density at radius 3 is 2.15 bits per heavy atom. The molecule has 1 atom stereocenters. The molecule has 0 saturated heterocycles. The average Bonchev–Trinajstić information content (AvgIpc) is 2.61. The number of rotatable bonds is 10. The highest BCUT2D eigenvalue weighted by Crippen LogP contribution is 2.18. The Kier molecular flexibility index (Phi) is 7.75. The summed E-state index contributed by atoms with van der Waals surface area (Å²) in [5, 5.41) is -0.691. The molecule has 1 aliphatic rings.